The number of carbonyl (C=O) groups is 4. The lowest BCUT2D eigenvalue weighted by Crippen LogP contribution is -2.72. The predicted octanol–water partition coefficient (Wildman–Crippen LogP) is 4.03. The third-order valence-electron chi connectivity index (χ3n) is 20.1. The molecule has 4 heterocycles. The fourth-order valence-corrected chi connectivity index (χ4v) is 13.9. The molecule has 0 aromatic heterocycles. The minimum Gasteiger partial charge on any atom is -0.477 e. The van der Waals surface area contributed by atoms with Gasteiger partial charge in [0.25, 0.3) is 5.79 Å². The molecule has 0 spiro atoms. The minimum atomic E-state index is -3.28. The average Bonchev–Trinajstić information content (AvgIpc) is 0.749. The van der Waals surface area contributed by atoms with Gasteiger partial charge in [-0.05, 0) is 44.9 Å². The van der Waals surface area contributed by atoms with Gasteiger partial charge in [-0.2, -0.15) is 0 Å². The van der Waals surface area contributed by atoms with E-state index in [1.54, 1.807) is 6.08 Å². The van der Waals surface area contributed by atoms with Crippen LogP contribution in [-0.2, 0) is 57.1 Å². The number of aliphatic hydroxyl groups excluding tert-OH is 13. The topological polar surface area (TPSA) is 461 Å². The molecular formula is C75H135N3O26. The van der Waals surface area contributed by atoms with Gasteiger partial charge in [-0.15, -0.1) is 0 Å². The summed E-state index contributed by atoms with van der Waals surface area (Å²) in [4.78, 5) is 52.1. The number of rotatable bonds is 56. The van der Waals surface area contributed by atoms with Crippen molar-refractivity contribution in [3.8, 4) is 0 Å². The zero-order chi connectivity index (χ0) is 76.4. The molecule has 4 fully saturated rings. The van der Waals surface area contributed by atoms with Gasteiger partial charge in [0.2, 0.25) is 17.7 Å². The number of carboxylic acid groups (broad SMARTS) is 1. The van der Waals surface area contributed by atoms with Gasteiger partial charge in [0.15, 0.2) is 18.9 Å². The summed E-state index contributed by atoms with van der Waals surface area (Å²) in [5.74, 6) is -7.37. The fourth-order valence-electron chi connectivity index (χ4n) is 13.9. The molecule has 0 aliphatic carbocycles. The summed E-state index contributed by atoms with van der Waals surface area (Å²) in [5.41, 5.74) is 0. The van der Waals surface area contributed by atoms with E-state index in [9.17, 15) is 90.7 Å². The van der Waals surface area contributed by atoms with Gasteiger partial charge in [-0.25, -0.2) is 4.79 Å². The summed E-state index contributed by atoms with van der Waals surface area (Å²) in [6.45, 7) is 1.75. The van der Waals surface area contributed by atoms with Gasteiger partial charge in [0.1, 0.15) is 91.5 Å². The molecule has 0 radical (unpaired) electrons. The number of carboxylic acids is 1. The molecule has 4 aliphatic heterocycles. The second-order valence-electron chi connectivity index (χ2n) is 28.9. The molecule has 1 unspecified atom stereocenters. The van der Waals surface area contributed by atoms with E-state index in [0.717, 1.165) is 65.2 Å². The van der Waals surface area contributed by atoms with Crippen LogP contribution in [0.25, 0.3) is 0 Å². The van der Waals surface area contributed by atoms with Crippen molar-refractivity contribution in [2.45, 2.75) is 393 Å². The number of aliphatic carboxylic acids is 1. The summed E-state index contributed by atoms with van der Waals surface area (Å²) in [6, 6.07) is -4.53. The molecule has 0 aromatic rings. The standard InChI is InChI=1S/C75H135N3O26/c1-5-7-9-11-13-15-17-19-20-21-22-23-24-25-26-27-28-30-32-34-36-38-40-42-58(88)78-51(52(85)41-39-37-35-33-31-29-18-16-14-12-10-8-6-2)48-97-72-65(93)64(92)67(56(46-81)99-72)101-73-66(94)70(68(57(47-82)100-73)102-71-60(77-50(4)84)63(91)62(90)55(45-80)98-71)104-75(74(95)96)43-53(86)59(76-49(3)83)69(103-75)61(89)54(87)44-79/h19-20,39,41,51-57,59-73,79-82,85-87,89-94H,5-18,21-38,40,42-48H2,1-4H3,(H,76,83)(H,77,84)(H,78,88)(H,95,96)/t51-,52+,53-,54+,55+,56+,57+,59+,60+,61+,62-,63+,64+,65+,66+,67+,68-,69?,70+,71-,72+,73-,75-/m0/s1. The molecule has 0 saturated carbocycles. The highest BCUT2D eigenvalue weighted by atomic mass is 16.8. The first-order chi connectivity index (χ1) is 50.0. The molecule has 23 atom stereocenters. The van der Waals surface area contributed by atoms with Gasteiger partial charge in [-0.1, -0.05) is 205 Å². The van der Waals surface area contributed by atoms with E-state index >= 15 is 0 Å². The molecule has 4 rings (SSSR count). The van der Waals surface area contributed by atoms with Crippen LogP contribution in [0.1, 0.15) is 252 Å². The van der Waals surface area contributed by atoms with Gasteiger partial charge < -0.3 is 125 Å². The minimum absolute atomic E-state index is 0.159. The number of allylic oxidation sites excluding steroid dienone is 3. The quantitative estimate of drug-likeness (QED) is 0.0302. The van der Waals surface area contributed by atoms with Crippen LogP contribution >= 0.6 is 0 Å². The first kappa shape index (κ1) is 92.9. The average molecular weight is 1490 g/mol. The van der Waals surface area contributed by atoms with E-state index in [0.29, 0.717) is 12.8 Å². The Labute approximate surface area is 616 Å². The molecular weight excluding hydrogens is 1360 g/mol. The number of nitrogens with one attached hydrogen (secondary N) is 3. The zero-order valence-electron chi connectivity index (χ0n) is 62.5. The van der Waals surface area contributed by atoms with Crippen molar-refractivity contribution < 1.29 is 129 Å². The van der Waals surface area contributed by atoms with Crippen LogP contribution in [0.15, 0.2) is 24.3 Å². The van der Waals surface area contributed by atoms with Crippen molar-refractivity contribution in [3.63, 3.8) is 0 Å². The summed E-state index contributed by atoms with van der Waals surface area (Å²) in [5, 5.41) is 163. The Kier molecular flexibility index (Phi) is 47.0. The fraction of sp³-hybridized carbons (Fsp3) is 0.893. The van der Waals surface area contributed by atoms with Crippen molar-refractivity contribution >= 4 is 23.7 Å². The van der Waals surface area contributed by atoms with Crippen LogP contribution < -0.4 is 16.0 Å². The van der Waals surface area contributed by atoms with Crippen LogP contribution in [0.4, 0.5) is 0 Å². The number of hydrogen-bond donors (Lipinski definition) is 17. The van der Waals surface area contributed by atoms with Crippen molar-refractivity contribution in [1.29, 1.82) is 0 Å². The monoisotopic (exact) mass is 1490 g/mol. The third kappa shape index (κ3) is 32.2. The van der Waals surface area contributed by atoms with Crippen LogP contribution in [0.5, 0.6) is 0 Å². The Bertz CT molecular complexity index is 2370. The summed E-state index contributed by atoms with van der Waals surface area (Å²) in [7, 11) is 0. The largest absolute Gasteiger partial charge is 0.477 e. The Morgan fingerprint density at radius 2 is 0.942 bits per heavy atom. The number of unbranched alkanes of at least 4 members (excludes halogenated alkanes) is 30. The normalized spacial score (nSPS) is 30.9. The summed E-state index contributed by atoms with van der Waals surface area (Å²) in [6.07, 6.45) is 7.65. The van der Waals surface area contributed by atoms with Crippen LogP contribution in [0, 0.1) is 0 Å². The maximum atomic E-state index is 13.6. The smallest absolute Gasteiger partial charge is 0.364 e. The van der Waals surface area contributed by atoms with Gasteiger partial charge in [0.05, 0.1) is 57.3 Å². The van der Waals surface area contributed by atoms with E-state index in [4.69, 9.17) is 37.9 Å². The molecule has 4 aliphatic rings. The lowest BCUT2D eigenvalue weighted by molar-refractivity contribution is -0.401. The van der Waals surface area contributed by atoms with Crippen LogP contribution in [-0.4, -0.2) is 269 Å². The van der Waals surface area contributed by atoms with E-state index in [2.05, 4.69) is 41.9 Å². The van der Waals surface area contributed by atoms with Gasteiger partial charge in [0, 0.05) is 26.7 Å². The number of amides is 3. The Balaban J connectivity index is 1.46. The Morgan fingerprint density at radius 3 is 1.42 bits per heavy atom. The van der Waals surface area contributed by atoms with Crippen molar-refractivity contribution in [2.75, 3.05) is 33.0 Å². The highest BCUT2D eigenvalue weighted by Crippen LogP contribution is 2.40. The number of carbonyl (C=O) groups excluding carboxylic acids is 3. The van der Waals surface area contributed by atoms with Crippen molar-refractivity contribution in [2.24, 2.45) is 0 Å². The maximum absolute atomic E-state index is 13.6. The molecule has 0 aromatic carbocycles. The number of aliphatic hydroxyl groups is 13. The molecule has 4 saturated heterocycles. The maximum Gasteiger partial charge on any atom is 0.364 e. The van der Waals surface area contributed by atoms with Gasteiger partial charge >= 0.3 is 5.97 Å². The first-order valence-electron chi connectivity index (χ1n) is 39.2. The lowest BCUT2D eigenvalue weighted by Gasteiger charge is -2.52. The van der Waals surface area contributed by atoms with Crippen LogP contribution in [0.2, 0.25) is 0 Å². The number of hydrogen-bond acceptors (Lipinski definition) is 25. The predicted molar refractivity (Wildman–Crippen MR) is 383 cm³/mol. The highest BCUT2D eigenvalue weighted by molar-refractivity contribution is 5.77. The third-order valence-corrected chi connectivity index (χ3v) is 20.1. The van der Waals surface area contributed by atoms with Crippen LogP contribution in [0.3, 0.4) is 0 Å². The highest BCUT2D eigenvalue weighted by Gasteiger charge is 2.62. The molecule has 17 N–H and O–H groups in total. The molecule has 3 amide bonds. The summed E-state index contributed by atoms with van der Waals surface area (Å²) >= 11 is 0. The molecule has 29 nitrogen and oxygen atoms in total. The van der Waals surface area contributed by atoms with Gasteiger partial charge in [-0.3, -0.25) is 14.4 Å². The Morgan fingerprint density at radius 1 is 0.500 bits per heavy atom. The zero-order valence-corrected chi connectivity index (χ0v) is 62.5. The molecule has 606 valence electrons. The summed E-state index contributed by atoms with van der Waals surface area (Å²) < 4.78 is 48.0. The lowest BCUT2D eigenvalue weighted by atomic mass is 9.88. The number of ether oxygens (including phenoxy) is 8. The first-order valence-corrected chi connectivity index (χ1v) is 39.2. The SMILES string of the molecule is CCCCCCCCC=CCCCCCCCCCCCCCCCC(=O)N[C@@H](CO[C@@H]1O[C@H](CO)[C@@H](O[C@@H]2O[C@H](CO)[C@H](O[C@@H]3O[C@H](CO)[C@H](O)[C@H](O)[C@H]3NC(C)=O)[C@H](O[C@]3(C(=O)O)C[C@H](O)[C@@H](NC(C)=O)C([C@H](O)[C@H](O)CO)O3)[C@H]2O)[C@H](O)[C@H]1O)[C@H](O)C=CCCCCCCCCCCCCC. The molecule has 29 heteroatoms. The van der Waals surface area contributed by atoms with Crippen molar-refractivity contribution in [1.82, 2.24) is 16.0 Å². The molecule has 0 bridgehead atoms. The molecule has 104 heavy (non-hydrogen) atoms. The second-order valence-corrected chi connectivity index (χ2v) is 28.9. The van der Waals surface area contributed by atoms with E-state index < -0.39 is 198 Å². The second kappa shape index (κ2) is 52.6. The Hall–Kier alpha value is -3.48. The van der Waals surface area contributed by atoms with Crippen molar-refractivity contribution in [3.05, 3.63) is 24.3 Å². The van der Waals surface area contributed by atoms with E-state index in [1.807, 2.05) is 6.08 Å². The van der Waals surface area contributed by atoms with E-state index in [1.165, 1.54) is 148 Å². The van der Waals surface area contributed by atoms with E-state index in [-0.39, 0.29) is 12.3 Å².